The van der Waals surface area contributed by atoms with Crippen molar-refractivity contribution in [3.05, 3.63) is 47.8 Å². The second-order valence-corrected chi connectivity index (χ2v) is 4.24. The molecule has 0 aliphatic heterocycles. The number of azo groups is 1. The molecule has 0 bridgehead atoms. The van der Waals surface area contributed by atoms with E-state index in [2.05, 4.69) is 20.2 Å². The van der Waals surface area contributed by atoms with E-state index < -0.39 is 35.1 Å². The predicted octanol–water partition coefficient (Wildman–Crippen LogP) is 4.24. The minimum absolute atomic E-state index is 0.118. The third-order valence-corrected chi connectivity index (χ3v) is 2.88. The molecule has 2 N–H and O–H groups in total. The lowest BCUT2D eigenvalue weighted by Crippen LogP contribution is -1.98. The molecule has 5 nitrogen and oxygen atoms in total. The van der Waals surface area contributed by atoms with Crippen LogP contribution in [0.2, 0.25) is 0 Å². The number of pyridine rings is 1. The van der Waals surface area contributed by atoms with Crippen molar-refractivity contribution in [1.29, 1.82) is 0 Å². The summed E-state index contributed by atoms with van der Waals surface area (Å²) in [5.41, 5.74) is -0.885. The Balaban J connectivity index is 2.13. The molecule has 0 saturated heterocycles. The summed E-state index contributed by atoms with van der Waals surface area (Å²) in [5.74, 6) is -7.63. The third-order valence-electron chi connectivity index (χ3n) is 2.88. The number of nitrogens with one attached hydrogen (secondary N) is 1. The molecule has 0 unspecified atom stereocenters. The van der Waals surface area contributed by atoms with Crippen LogP contribution in [-0.4, -0.2) is 15.1 Å². The average Bonchev–Trinajstić information content (AvgIpc) is 2.81. The monoisotopic (exact) mass is 310 g/mol. The fourth-order valence-electron chi connectivity index (χ4n) is 1.88. The molecule has 0 fully saturated rings. The van der Waals surface area contributed by atoms with Gasteiger partial charge in [-0.25, -0.2) is 0 Å². The van der Waals surface area contributed by atoms with E-state index in [0.717, 1.165) is 0 Å². The summed E-state index contributed by atoms with van der Waals surface area (Å²) in [6, 6.07) is 6.52. The van der Waals surface area contributed by atoms with Crippen LogP contribution in [0.25, 0.3) is 10.9 Å². The molecule has 3 aromatic rings. The van der Waals surface area contributed by atoms with Crippen molar-refractivity contribution in [3.63, 3.8) is 0 Å². The summed E-state index contributed by atoms with van der Waals surface area (Å²) < 4.78 is 52.8. The summed E-state index contributed by atoms with van der Waals surface area (Å²) in [4.78, 5) is 4.97. The van der Waals surface area contributed by atoms with Crippen molar-refractivity contribution in [2.75, 3.05) is 0 Å². The van der Waals surface area contributed by atoms with Gasteiger partial charge in [-0.05, 0) is 6.07 Å². The van der Waals surface area contributed by atoms with Crippen molar-refractivity contribution in [2.24, 2.45) is 10.2 Å². The Labute approximate surface area is 120 Å². The predicted molar refractivity (Wildman–Crippen MR) is 68.2 cm³/mol. The molecular formula is C13H6F4N4O. The Bertz CT molecular complexity index is 880. The van der Waals surface area contributed by atoms with Gasteiger partial charge in [0.25, 0.3) is 11.9 Å². The first kappa shape index (κ1) is 14.0. The SMILES string of the molecule is Oc1[nH]c2ccccc2c1N=Nc1c(F)c(F)nc(F)c1F. The Morgan fingerprint density at radius 1 is 0.909 bits per heavy atom. The van der Waals surface area contributed by atoms with E-state index >= 15 is 0 Å². The average molecular weight is 310 g/mol. The Kier molecular flexibility index (Phi) is 3.24. The van der Waals surface area contributed by atoms with E-state index in [9.17, 15) is 22.7 Å². The highest BCUT2D eigenvalue weighted by molar-refractivity contribution is 5.94. The molecule has 9 heteroatoms. The molecule has 0 aliphatic rings. The van der Waals surface area contributed by atoms with E-state index in [1.54, 1.807) is 24.3 Å². The first-order valence-corrected chi connectivity index (χ1v) is 5.90. The largest absolute Gasteiger partial charge is 0.493 e. The number of H-pyrrole nitrogens is 1. The van der Waals surface area contributed by atoms with E-state index in [-0.39, 0.29) is 5.69 Å². The van der Waals surface area contributed by atoms with Crippen LogP contribution >= 0.6 is 0 Å². The van der Waals surface area contributed by atoms with Gasteiger partial charge in [-0.3, -0.25) is 0 Å². The Hall–Kier alpha value is -2.97. The molecule has 0 spiro atoms. The molecule has 22 heavy (non-hydrogen) atoms. The number of hydrogen-bond acceptors (Lipinski definition) is 4. The smallest absolute Gasteiger partial charge is 0.254 e. The summed E-state index contributed by atoms with van der Waals surface area (Å²) in [6.45, 7) is 0. The van der Waals surface area contributed by atoms with Crippen LogP contribution in [0.5, 0.6) is 5.88 Å². The van der Waals surface area contributed by atoms with E-state index in [1.165, 1.54) is 0 Å². The van der Waals surface area contributed by atoms with Gasteiger partial charge in [-0.1, -0.05) is 18.2 Å². The van der Waals surface area contributed by atoms with Crippen molar-refractivity contribution in [1.82, 2.24) is 9.97 Å². The maximum atomic E-state index is 13.4. The fourth-order valence-corrected chi connectivity index (χ4v) is 1.88. The molecule has 2 aromatic heterocycles. The van der Waals surface area contributed by atoms with Crippen LogP contribution < -0.4 is 0 Å². The van der Waals surface area contributed by atoms with Crippen LogP contribution in [0, 0.1) is 23.5 Å². The lowest BCUT2D eigenvalue weighted by Gasteiger charge is -1.99. The van der Waals surface area contributed by atoms with Gasteiger partial charge in [-0.2, -0.15) is 22.5 Å². The number of halogens is 4. The van der Waals surface area contributed by atoms with Gasteiger partial charge in [0.2, 0.25) is 17.5 Å². The molecule has 0 aliphatic carbocycles. The zero-order chi connectivity index (χ0) is 15.9. The molecular weight excluding hydrogens is 304 g/mol. The normalized spacial score (nSPS) is 11.6. The van der Waals surface area contributed by atoms with Gasteiger partial charge in [0.15, 0.2) is 11.4 Å². The van der Waals surface area contributed by atoms with Gasteiger partial charge in [0.05, 0.1) is 5.52 Å². The van der Waals surface area contributed by atoms with Crippen LogP contribution in [0.4, 0.5) is 28.9 Å². The van der Waals surface area contributed by atoms with Gasteiger partial charge in [0.1, 0.15) is 0 Å². The second-order valence-electron chi connectivity index (χ2n) is 4.24. The zero-order valence-electron chi connectivity index (χ0n) is 10.6. The highest BCUT2D eigenvalue weighted by Gasteiger charge is 2.21. The maximum absolute atomic E-state index is 13.4. The number of para-hydroxylation sites is 1. The van der Waals surface area contributed by atoms with Gasteiger partial charge >= 0.3 is 0 Å². The number of benzene rings is 1. The molecule has 112 valence electrons. The number of nitrogens with zero attached hydrogens (tertiary/aromatic N) is 3. The number of fused-ring (bicyclic) bond motifs is 1. The van der Waals surface area contributed by atoms with Gasteiger partial charge in [-0.15, -0.1) is 10.2 Å². The van der Waals surface area contributed by atoms with E-state index in [0.29, 0.717) is 10.9 Å². The summed E-state index contributed by atoms with van der Waals surface area (Å²) in [7, 11) is 0. The quantitative estimate of drug-likeness (QED) is 0.422. The maximum Gasteiger partial charge on any atom is 0.254 e. The van der Waals surface area contributed by atoms with Crippen LogP contribution in [0.1, 0.15) is 0 Å². The minimum atomic E-state index is -1.84. The van der Waals surface area contributed by atoms with E-state index in [4.69, 9.17) is 0 Å². The Morgan fingerprint density at radius 2 is 1.50 bits per heavy atom. The number of aromatic amines is 1. The standard InChI is InChI=1S/C13H6F4N4O/c14-7-10(8(15)12(17)19-11(7)16)21-20-9-5-3-1-2-4-6(5)18-13(9)22/h1-4,18,22H. The van der Waals surface area contributed by atoms with Crippen molar-refractivity contribution in [2.45, 2.75) is 0 Å². The Morgan fingerprint density at radius 3 is 2.18 bits per heavy atom. The topological polar surface area (TPSA) is 73.6 Å². The summed E-state index contributed by atoms with van der Waals surface area (Å²) in [5, 5.41) is 16.7. The molecule has 0 amide bonds. The molecule has 1 aromatic carbocycles. The van der Waals surface area contributed by atoms with Crippen LogP contribution in [-0.2, 0) is 0 Å². The lowest BCUT2D eigenvalue weighted by molar-refractivity contribution is 0.409. The highest BCUT2D eigenvalue weighted by Crippen LogP contribution is 2.36. The summed E-state index contributed by atoms with van der Waals surface area (Å²) >= 11 is 0. The molecule has 3 rings (SSSR count). The second kappa shape index (κ2) is 5.10. The zero-order valence-corrected chi connectivity index (χ0v) is 10.6. The number of aromatic hydroxyl groups is 1. The molecule has 0 atom stereocenters. The third kappa shape index (κ3) is 2.16. The van der Waals surface area contributed by atoms with Crippen LogP contribution in [0.15, 0.2) is 34.5 Å². The molecule has 0 saturated carbocycles. The van der Waals surface area contributed by atoms with Crippen molar-refractivity contribution < 1.29 is 22.7 Å². The van der Waals surface area contributed by atoms with Crippen LogP contribution in [0.3, 0.4) is 0 Å². The fraction of sp³-hybridized carbons (Fsp3) is 0. The highest BCUT2D eigenvalue weighted by atomic mass is 19.2. The van der Waals surface area contributed by atoms with Crippen molar-refractivity contribution >= 4 is 22.3 Å². The summed E-state index contributed by atoms with van der Waals surface area (Å²) in [6.07, 6.45) is 0. The van der Waals surface area contributed by atoms with Gasteiger partial charge < -0.3 is 10.1 Å². The lowest BCUT2D eigenvalue weighted by atomic mass is 10.2. The van der Waals surface area contributed by atoms with Crippen molar-refractivity contribution in [3.8, 4) is 5.88 Å². The first-order valence-electron chi connectivity index (χ1n) is 5.90. The van der Waals surface area contributed by atoms with Gasteiger partial charge in [0, 0.05) is 5.39 Å². The number of hydrogen-bond donors (Lipinski definition) is 2. The number of rotatable bonds is 2. The molecule has 0 radical (unpaired) electrons. The first-order chi connectivity index (χ1) is 10.5. The van der Waals surface area contributed by atoms with E-state index in [1.807, 2.05) is 0 Å². The molecule has 2 heterocycles. The number of aromatic nitrogens is 2. The minimum Gasteiger partial charge on any atom is -0.493 e.